The van der Waals surface area contributed by atoms with Gasteiger partial charge in [0.05, 0.1) is 24.4 Å². The average Bonchev–Trinajstić information content (AvgIpc) is 3.17. The van der Waals surface area contributed by atoms with Crippen molar-refractivity contribution in [1.29, 1.82) is 0 Å². The molecule has 0 atom stereocenters. The molecule has 2 aromatic carbocycles. The first-order valence-corrected chi connectivity index (χ1v) is 11.0. The molecule has 1 heterocycles. The Morgan fingerprint density at radius 3 is 2.40 bits per heavy atom. The van der Waals surface area contributed by atoms with Gasteiger partial charge in [0, 0.05) is 35.8 Å². The molecule has 3 aromatic rings. The number of benzene rings is 2. The highest BCUT2D eigenvalue weighted by molar-refractivity contribution is 7.22. The molecule has 0 radical (unpaired) electrons. The van der Waals surface area contributed by atoms with E-state index in [1.807, 2.05) is 12.1 Å². The average molecular weight is 448 g/mol. The number of thiazole rings is 1. The van der Waals surface area contributed by atoms with E-state index in [0.717, 1.165) is 29.9 Å². The number of ether oxygens (including phenoxy) is 2. The van der Waals surface area contributed by atoms with Crippen molar-refractivity contribution in [3.05, 3.63) is 47.0 Å². The molecule has 30 heavy (non-hydrogen) atoms. The Bertz CT molecular complexity index is 979. The maximum Gasteiger partial charge on any atom is 0.260 e. The van der Waals surface area contributed by atoms with Crippen molar-refractivity contribution in [1.82, 2.24) is 9.88 Å². The summed E-state index contributed by atoms with van der Waals surface area (Å²) in [5.74, 6) is 1.12. The Labute approximate surface area is 186 Å². The maximum atomic E-state index is 13.4. The van der Waals surface area contributed by atoms with Crippen LogP contribution in [0.15, 0.2) is 36.4 Å². The van der Waals surface area contributed by atoms with E-state index in [9.17, 15) is 4.79 Å². The van der Waals surface area contributed by atoms with Crippen molar-refractivity contribution in [2.24, 2.45) is 0 Å². The Morgan fingerprint density at radius 1 is 1.07 bits per heavy atom. The molecular weight excluding hydrogens is 422 g/mol. The number of methoxy groups -OCH3 is 2. The van der Waals surface area contributed by atoms with Crippen LogP contribution < -0.4 is 14.4 Å². The van der Waals surface area contributed by atoms with E-state index in [-0.39, 0.29) is 5.91 Å². The summed E-state index contributed by atoms with van der Waals surface area (Å²) in [6, 6.07) is 10.7. The summed E-state index contributed by atoms with van der Waals surface area (Å²) in [6.07, 6.45) is 0. The lowest BCUT2D eigenvalue weighted by atomic mass is 10.2. The lowest BCUT2D eigenvalue weighted by Crippen LogP contribution is -2.38. The molecule has 8 heteroatoms. The summed E-state index contributed by atoms with van der Waals surface area (Å²) in [5.41, 5.74) is 1.30. The van der Waals surface area contributed by atoms with Crippen LogP contribution in [-0.4, -0.2) is 56.2 Å². The van der Waals surface area contributed by atoms with Gasteiger partial charge in [-0.3, -0.25) is 9.69 Å². The van der Waals surface area contributed by atoms with Crippen molar-refractivity contribution in [2.75, 3.05) is 45.3 Å². The van der Waals surface area contributed by atoms with Crippen LogP contribution in [-0.2, 0) is 0 Å². The van der Waals surface area contributed by atoms with Gasteiger partial charge in [-0.1, -0.05) is 42.9 Å². The maximum absolute atomic E-state index is 13.4. The first-order valence-electron chi connectivity index (χ1n) is 9.83. The molecule has 0 fully saturated rings. The van der Waals surface area contributed by atoms with Crippen molar-refractivity contribution in [3.8, 4) is 11.5 Å². The molecular formula is C22H26ClN3O3S. The Morgan fingerprint density at radius 2 is 1.77 bits per heavy atom. The number of rotatable bonds is 9. The SMILES string of the molecule is CCN(CC)CCN(C(=O)c1cccc(Cl)c1)c1nc2cc(OC)c(OC)cc2s1. The third-order valence-corrected chi connectivity index (χ3v) is 6.24. The van der Waals surface area contributed by atoms with E-state index in [0.29, 0.717) is 33.8 Å². The fraction of sp³-hybridized carbons (Fsp3) is 0.364. The third-order valence-electron chi connectivity index (χ3n) is 4.96. The quantitative estimate of drug-likeness (QED) is 0.464. The summed E-state index contributed by atoms with van der Waals surface area (Å²) in [6.45, 7) is 7.35. The number of aromatic nitrogens is 1. The molecule has 6 nitrogen and oxygen atoms in total. The molecule has 1 aromatic heterocycles. The zero-order valence-corrected chi connectivity index (χ0v) is 19.2. The van der Waals surface area contributed by atoms with Gasteiger partial charge in [-0.2, -0.15) is 0 Å². The summed E-state index contributed by atoms with van der Waals surface area (Å²) in [5, 5.41) is 1.17. The predicted octanol–water partition coefficient (Wildman–Crippen LogP) is 4.96. The van der Waals surface area contributed by atoms with Crippen LogP contribution in [0.1, 0.15) is 24.2 Å². The molecule has 3 rings (SSSR count). The van der Waals surface area contributed by atoms with Crippen LogP contribution in [0.3, 0.4) is 0 Å². The summed E-state index contributed by atoms with van der Waals surface area (Å²) < 4.78 is 11.7. The number of hydrogen-bond donors (Lipinski definition) is 0. The lowest BCUT2D eigenvalue weighted by molar-refractivity contribution is 0.0984. The molecule has 1 amide bonds. The van der Waals surface area contributed by atoms with Crippen molar-refractivity contribution < 1.29 is 14.3 Å². The van der Waals surface area contributed by atoms with E-state index >= 15 is 0 Å². The molecule has 0 unspecified atom stereocenters. The van der Waals surface area contributed by atoms with Gasteiger partial charge in [0.2, 0.25) is 0 Å². The molecule has 0 saturated heterocycles. The van der Waals surface area contributed by atoms with Gasteiger partial charge in [0.1, 0.15) is 0 Å². The molecule has 0 aliphatic heterocycles. The first-order chi connectivity index (χ1) is 14.5. The van der Waals surface area contributed by atoms with Gasteiger partial charge in [-0.15, -0.1) is 0 Å². The molecule has 0 bridgehead atoms. The third kappa shape index (κ3) is 4.86. The number of nitrogens with zero attached hydrogens (tertiary/aromatic N) is 3. The van der Waals surface area contributed by atoms with Crippen molar-refractivity contribution >= 4 is 44.2 Å². The number of anilines is 1. The highest BCUT2D eigenvalue weighted by Crippen LogP contribution is 2.37. The standard InChI is InChI=1S/C22H26ClN3O3S/c1-5-25(6-2)10-11-26(21(27)15-8-7-9-16(23)12-15)22-24-17-13-18(28-3)19(29-4)14-20(17)30-22/h7-9,12-14H,5-6,10-11H2,1-4H3. The number of amides is 1. The number of fused-ring (bicyclic) bond motifs is 1. The highest BCUT2D eigenvalue weighted by Gasteiger charge is 2.23. The van der Waals surface area contributed by atoms with Crippen molar-refractivity contribution in [2.45, 2.75) is 13.8 Å². The topological polar surface area (TPSA) is 54.9 Å². The highest BCUT2D eigenvalue weighted by atomic mass is 35.5. The van der Waals surface area contributed by atoms with Crippen LogP contribution in [0.25, 0.3) is 10.2 Å². The summed E-state index contributed by atoms with van der Waals surface area (Å²) in [4.78, 5) is 22.1. The fourth-order valence-corrected chi connectivity index (χ4v) is 4.39. The fourth-order valence-electron chi connectivity index (χ4n) is 3.20. The molecule has 0 aliphatic rings. The van der Waals surface area contributed by atoms with Gasteiger partial charge in [-0.05, 0) is 31.3 Å². The molecule has 0 spiro atoms. The van der Waals surface area contributed by atoms with Gasteiger partial charge in [-0.25, -0.2) is 4.98 Å². The van der Waals surface area contributed by atoms with Crippen molar-refractivity contribution in [3.63, 3.8) is 0 Å². The number of likely N-dealkylation sites (N-methyl/N-ethyl adjacent to an activating group) is 1. The van der Waals surface area contributed by atoms with Crippen LogP contribution in [0.5, 0.6) is 11.5 Å². The summed E-state index contributed by atoms with van der Waals surface area (Å²) >= 11 is 7.58. The molecule has 0 N–H and O–H groups in total. The van der Waals surface area contributed by atoms with E-state index in [1.54, 1.807) is 43.4 Å². The minimum atomic E-state index is -0.123. The monoisotopic (exact) mass is 447 g/mol. The Kier molecular flexibility index (Phi) is 7.53. The smallest absolute Gasteiger partial charge is 0.260 e. The summed E-state index contributed by atoms with van der Waals surface area (Å²) in [7, 11) is 3.20. The molecule has 0 saturated carbocycles. The Hall–Kier alpha value is -2.35. The first kappa shape index (κ1) is 22.3. The number of hydrogen-bond acceptors (Lipinski definition) is 6. The second-order valence-electron chi connectivity index (χ2n) is 6.67. The van der Waals surface area contributed by atoms with Gasteiger partial charge in [0.25, 0.3) is 5.91 Å². The minimum absolute atomic E-state index is 0.123. The van der Waals surface area contributed by atoms with Crippen LogP contribution in [0.4, 0.5) is 5.13 Å². The zero-order valence-electron chi connectivity index (χ0n) is 17.6. The predicted molar refractivity (Wildman–Crippen MR) is 124 cm³/mol. The van der Waals surface area contributed by atoms with Crippen LogP contribution in [0, 0.1) is 0 Å². The molecule has 160 valence electrons. The lowest BCUT2D eigenvalue weighted by Gasteiger charge is -2.24. The van der Waals surface area contributed by atoms with Crippen LogP contribution in [0.2, 0.25) is 5.02 Å². The number of halogens is 1. The van der Waals surface area contributed by atoms with E-state index in [2.05, 4.69) is 18.7 Å². The second-order valence-corrected chi connectivity index (χ2v) is 8.11. The number of carbonyl (C=O) groups excluding carboxylic acids is 1. The molecule has 0 aliphatic carbocycles. The van der Waals surface area contributed by atoms with E-state index in [1.165, 1.54) is 11.3 Å². The van der Waals surface area contributed by atoms with Gasteiger partial charge < -0.3 is 14.4 Å². The van der Waals surface area contributed by atoms with E-state index < -0.39 is 0 Å². The van der Waals surface area contributed by atoms with E-state index in [4.69, 9.17) is 26.1 Å². The number of carbonyl (C=O) groups is 1. The Balaban J connectivity index is 2.01. The second kappa shape index (κ2) is 10.1. The van der Waals surface area contributed by atoms with Crippen LogP contribution >= 0.6 is 22.9 Å². The largest absolute Gasteiger partial charge is 0.493 e. The normalized spacial score (nSPS) is 11.1. The van der Waals surface area contributed by atoms with Gasteiger partial charge in [0.15, 0.2) is 16.6 Å². The zero-order chi connectivity index (χ0) is 21.7. The van der Waals surface area contributed by atoms with Gasteiger partial charge >= 0.3 is 0 Å². The minimum Gasteiger partial charge on any atom is -0.493 e.